The van der Waals surface area contributed by atoms with E-state index >= 15 is 0 Å². The molecule has 2 aromatic heterocycles. The van der Waals surface area contributed by atoms with Gasteiger partial charge < -0.3 is 0 Å². The summed E-state index contributed by atoms with van der Waals surface area (Å²) >= 11 is 0. The minimum absolute atomic E-state index is 0.887. The summed E-state index contributed by atoms with van der Waals surface area (Å²) in [5.74, 6) is 0. The van der Waals surface area contributed by atoms with Crippen LogP contribution >= 0.6 is 0 Å². The Bertz CT molecular complexity index is 2240. The van der Waals surface area contributed by atoms with E-state index in [0.29, 0.717) is 0 Å². The van der Waals surface area contributed by atoms with Crippen LogP contribution in [0.4, 0.5) is 0 Å². The Hall–Kier alpha value is -5.67. The summed E-state index contributed by atoms with van der Waals surface area (Å²) in [5.41, 5.74) is 10.5. The Balaban J connectivity index is 1.38. The molecule has 0 unspecified atom stereocenters. The van der Waals surface area contributed by atoms with Crippen molar-refractivity contribution in [2.45, 2.75) is 0 Å². The van der Waals surface area contributed by atoms with E-state index in [9.17, 15) is 0 Å². The Morgan fingerprint density at radius 1 is 0.310 bits per heavy atom. The van der Waals surface area contributed by atoms with Gasteiger partial charge in [-0.1, -0.05) is 115 Å². The fourth-order valence-electron chi connectivity index (χ4n) is 6.05. The van der Waals surface area contributed by atoms with Gasteiger partial charge in [0.25, 0.3) is 0 Å². The Kier molecular flexibility index (Phi) is 5.79. The van der Waals surface area contributed by atoms with Gasteiger partial charge in [0.05, 0.1) is 22.4 Å². The number of nitrogens with zero attached hydrogens (tertiary/aromatic N) is 3. The second kappa shape index (κ2) is 10.1. The monoisotopic (exact) mass is 535 g/mol. The Labute approximate surface area is 243 Å². The van der Waals surface area contributed by atoms with E-state index in [1.54, 1.807) is 0 Å². The maximum atomic E-state index is 5.20. The van der Waals surface area contributed by atoms with Gasteiger partial charge in [-0.25, -0.2) is 9.97 Å². The molecule has 3 nitrogen and oxygen atoms in total. The number of para-hydroxylation sites is 2. The molecule has 0 bridgehead atoms. The lowest BCUT2D eigenvalue weighted by Crippen LogP contribution is -1.96. The number of fused-ring (bicyclic) bond motifs is 3. The molecule has 0 saturated carbocycles. The second-order valence-corrected chi connectivity index (χ2v) is 10.4. The molecule has 3 heteroatoms. The Morgan fingerprint density at radius 3 is 1.52 bits per heavy atom. The molecule has 0 radical (unpaired) electrons. The van der Waals surface area contributed by atoms with Gasteiger partial charge in [0.2, 0.25) is 0 Å². The lowest BCUT2D eigenvalue weighted by molar-refractivity contribution is 1.30. The van der Waals surface area contributed by atoms with Crippen LogP contribution in [-0.2, 0) is 0 Å². The van der Waals surface area contributed by atoms with Crippen LogP contribution in [0.3, 0.4) is 0 Å². The summed E-state index contributed by atoms with van der Waals surface area (Å²) in [7, 11) is 0. The van der Waals surface area contributed by atoms with E-state index in [-0.39, 0.29) is 0 Å². The number of hydrogen-bond acceptors (Lipinski definition) is 3. The molecule has 0 N–H and O–H groups in total. The minimum atomic E-state index is 0.887. The predicted octanol–water partition coefficient (Wildman–Crippen LogP) is 10.00. The van der Waals surface area contributed by atoms with E-state index in [1.807, 2.05) is 42.7 Å². The van der Waals surface area contributed by atoms with Crippen molar-refractivity contribution in [3.63, 3.8) is 0 Å². The zero-order valence-electron chi connectivity index (χ0n) is 22.8. The number of benzene rings is 6. The second-order valence-electron chi connectivity index (χ2n) is 10.4. The molecule has 0 saturated heterocycles. The molecule has 196 valence electrons. The molecule has 2 heterocycles. The van der Waals surface area contributed by atoms with Crippen molar-refractivity contribution in [3.05, 3.63) is 152 Å². The van der Waals surface area contributed by atoms with Crippen molar-refractivity contribution in [2.24, 2.45) is 0 Å². The number of pyridine rings is 1. The van der Waals surface area contributed by atoms with Crippen LogP contribution in [0, 0.1) is 0 Å². The van der Waals surface area contributed by atoms with Gasteiger partial charge in [-0.05, 0) is 68.1 Å². The smallest absolute Gasteiger partial charge is 0.0979 e. The van der Waals surface area contributed by atoms with Gasteiger partial charge in [0.1, 0.15) is 0 Å². The molecule has 42 heavy (non-hydrogen) atoms. The highest BCUT2D eigenvalue weighted by atomic mass is 14.8. The SMILES string of the molecule is c1ccc(-c2nc3ccccc3nc2-c2cccc3c(-c4ccc(-c5ccncc5)c5ccccc45)cccc23)cc1. The third-order valence-electron chi connectivity index (χ3n) is 8.00. The molecule has 0 spiro atoms. The summed E-state index contributed by atoms with van der Waals surface area (Å²) < 4.78 is 0. The molecule has 0 fully saturated rings. The zero-order valence-corrected chi connectivity index (χ0v) is 22.8. The van der Waals surface area contributed by atoms with Gasteiger partial charge in [0.15, 0.2) is 0 Å². The van der Waals surface area contributed by atoms with Gasteiger partial charge in [-0.3, -0.25) is 4.98 Å². The summed E-state index contributed by atoms with van der Waals surface area (Å²) in [6, 6.07) is 48.9. The van der Waals surface area contributed by atoms with E-state index < -0.39 is 0 Å². The summed E-state index contributed by atoms with van der Waals surface area (Å²) in [4.78, 5) is 14.5. The third kappa shape index (κ3) is 4.03. The van der Waals surface area contributed by atoms with Gasteiger partial charge in [-0.15, -0.1) is 0 Å². The summed E-state index contributed by atoms with van der Waals surface area (Å²) in [6.07, 6.45) is 3.70. The largest absolute Gasteiger partial charge is 0.265 e. The van der Waals surface area contributed by atoms with Crippen molar-refractivity contribution in [1.29, 1.82) is 0 Å². The molecular formula is C39H25N3. The molecule has 0 atom stereocenters. The lowest BCUT2D eigenvalue weighted by Gasteiger charge is -2.16. The lowest BCUT2D eigenvalue weighted by atomic mass is 9.89. The van der Waals surface area contributed by atoms with Gasteiger partial charge in [0, 0.05) is 23.5 Å². The molecule has 0 amide bonds. The summed E-state index contributed by atoms with van der Waals surface area (Å²) in [5, 5.41) is 4.78. The van der Waals surface area contributed by atoms with E-state index in [1.165, 1.54) is 32.8 Å². The van der Waals surface area contributed by atoms with Crippen LogP contribution in [0.1, 0.15) is 0 Å². The van der Waals surface area contributed by atoms with Crippen LogP contribution in [-0.4, -0.2) is 15.0 Å². The number of aromatic nitrogens is 3. The van der Waals surface area contributed by atoms with Crippen molar-refractivity contribution in [3.8, 4) is 44.8 Å². The van der Waals surface area contributed by atoms with E-state index in [0.717, 1.165) is 44.5 Å². The minimum Gasteiger partial charge on any atom is -0.265 e. The third-order valence-corrected chi connectivity index (χ3v) is 8.00. The van der Waals surface area contributed by atoms with Gasteiger partial charge in [-0.2, -0.15) is 0 Å². The Morgan fingerprint density at radius 2 is 0.810 bits per heavy atom. The summed E-state index contributed by atoms with van der Waals surface area (Å²) in [6.45, 7) is 0. The number of hydrogen-bond donors (Lipinski definition) is 0. The first-order chi connectivity index (χ1) is 20.8. The standard InChI is InChI=1S/C39H25N3/c1-2-10-27(11-3-1)38-39(42-37-19-7-6-18-36(37)41-38)35-17-9-15-31-32(14-8-16-33(31)35)34-21-20-28(26-22-24-40-25-23-26)29-12-4-5-13-30(29)34/h1-25H. The topological polar surface area (TPSA) is 38.7 Å². The normalized spacial score (nSPS) is 11.3. The molecule has 6 aromatic carbocycles. The van der Waals surface area contributed by atoms with Gasteiger partial charge >= 0.3 is 0 Å². The van der Waals surface area contributed by atoms with E-state index in [2.05, 4.69) is 114 Å². The van der Waals surface area contributed by atoms with Crippen LogP contribution in [0.15, 0.2) is 152 Å². The predicted molar refractivity (Wildman–Crippen MR) is 174 cm³/mol. The van der Waals surface area contributed by atoms with Crippen molar-refractivity contribution in [1.82, 2.24) is 15.0 Å². The maximum Gasteiger partial charge on any atom is 0.0979 e. The molecular weight excluding hydrogens is 510 g/mol. The fourth-order valence-corrected chi connectivity index (χ4v) is 6.05. The van der Waals surface area contributed by atoms with Crippen molar-refractivity contribution < 1.29 is 0 Å². The maximum absolute atomic E-state index is 5.20. The quantitative estimate of drug-likeness (QED) is 0.225. The average molecular weight is 536 g/mol. The first-order valence-electron chi connectivity index (χ1n) is 14.1. The van der Waals surface area contributed by atoms with Crippen LogP contribution < -0.4 is 0 Å². The van der Waals surface area contributed by atoms with Crippen LogP contribution in [0.25, 0.3) is 77.3 Å². The fraction of sp³-hybridized carbons (Fsp3) is 0. The zero-order chi connectivity index (χ0) is 27.9. The number of rotatable bonds is 4. The molecule has 0 aliphatic heterocycles. The molecule has 0 aliphatic carbocycles. The van der Waals surface area contributed by atoms with Crippen molar-refractivity contribution in [2.75, 3.05) is 0 Å². The first-order valence-corrected chi connectivity index (χ1v) is 14.1. The van der Waals surface area contributed by atoms with Crippen molar-refractivity contribution >= 4 is 32.6 Å². The van der Waals surface area contributed by atoms with Crippen LogP contribution in [0.5, 0.6) is 0 Å². The highest BCUT2D eigenvalue weighted by Crippen LogP contribution is 2.41. The van der Waals surface area contributed by atoms with E-state index in [4.69, 9.17) is 9.97 Å². The molecule has 8 rings (SSSR count). The molecule has 8 aromatic rings. The van der Waals surface area contributed by atoms with Crippen LogP contribution in [0.2, 0.25) is 0 Å². The average Bonchev–Trinajstić information content (AvgIpc) is 3.07. The first kappa shape index (κ1) is 24.2. The highest BCUT2D eigenvalue weighted by Gasteiger charge is 2.17. The molecule has 0 aliphatic rings. The highest BCUT2D eigenvalue weighted by molar-refractivity contribution is 6.12.